The largest absolute Gasteiger partial charge is 0.476 e. The molecule has 0 aliphatic heterocycles. The molecule has 0 saturated carbocycles. The molecule has 0 spiro atoms. The second-order valence-corrected chi connectivity index (χ2v) is 5.39. The first-order valence-electron chi connectivity index (χ1n) is 7.72. The number of alkyl halides is 3. The molecule has 0 saturated heterocycles. The van der Waals surface area contributed by atoms with Gasteiger partial charge in [-0.05, 0) is 36.4 Å². The molecule has 0 unspecified atom stereocenters. The first-order valence-corrected chi connectivity index (χ1v) is 7.72. The molecule has 0 atom stereocenters. The maximum Gasteiger partial charge on any atom is 0.416 e. The number of aromatic nitrogens is 2. The Morgan fingerprint density at radius 2 is 1.85 bits per heavy atom. The van der Waals surface area contributed by atoms with Crippen LogP contribution in [0.5, 0.6) is 5.88 Å². The molecular formula is C18H14F3N3O2. The van der Waals surface area contributed by atoms with Crippen LogP contribution in [0.3, 0.4) is 0 Å². The monoisotopic (exact) mass is 361 g/mol. The van der Waals surface area contributed by atoms with Crippen molar-refractivity contribution in [2.75, 3.05) is 13.2 Å². The van der Waals surface area contributed by atoms with E-state index in [1.54, 1.807) is 12.1 Å². The van der Waals surface area contributed by atoms with Crippen molar-refractivity contribution in [3.63, 3.8) is 0 Å². The lowest BCUT2D eigenvalue weighted by Crippen LogP contribution is -2.28. The number of benzene rings is 1. The summed E-state index contributed by atoms with van der Waals surface area (Å²) in [4.78, 5) is 19.8. The van der Waals surface area contributed by atoms with Gasteiger partial charge in [0.1, 0.15) is 6.61 Å². The zero-order chi connectivity index (χ0) is 18.6. The summed E-state index contributed by atoms with van der Waals surface area (Å²) in [5, 5.41) is 3.06. The number of amides is 1. The summed E-state index contributed by atoms with van der Waals surface area (Å²) in [6, 6.07) is 9.52. The smallest absolute Gasteiger partial charge is 0.416 e. The van der Waals surface area contributed by atoms with Crippen molar-refractivity contribution < 1.29 is 22.7 Å². The van der Waals surface area contributed by atoms with Crippen molar-refractivity contribution in [3.8, 4) is 5.88 Å². The van der Waals surface area contributed by atoms with Gasteiger partial charge in [0.25, 0.3) is 5.91 Å². The van der Waals surface area contributed by atoms with Crippen molar-refractivity contribution in [2.24, 2.45) is 0 Å². The zero-order valence-corrected chi connectivity index (χ0v) is 13.5. The number of rotatable bonds is 5. The third-order valence-corrected chi connectivity index (χ3v) is 3.57. The summed E-state index contributed by atoms with van der Waals surface area (Å²) in [6.07, 6.45) is -1.35. The number of carbonyl (C=O) groups is 1. The van der Waals surface area contributed by atoms with Gasteiger partial charge in [0.05, 0.1) is 17.6 Å². The van der Waals surface area contributed by atoms with Gasteiger partial charge >= 0.3 is 6.18 Å². The third kappa shape index (κ3) is 4.27. The van der Waals surface area contributed by atoms with Crippen LogP contribution in [0.15, 0.2) is 54.9 Å². The highest BCUT2D eigenvalue weighted by atomic mass is 19.4. The molecule has 0 bridgehead atoms. The van der Waals surface area contributed by atoms with Crippen LogP contribution >= 0.6 is 0 Å². The number of hydrogen-bond acceptors (Lipinski definition) is 4. The van der Waals surface area contributed by atoms with Gasteiger partial charge in [-0.3, -0.25) is 9.78 Å². The molecule has 5 nitrogen and oxygen atoms in total. The van der Waals surface area contributed by atoms with Crippen molar-refractivity contribution >= 4 is 16.8 Å². The Kier molecular flexibility index (Phi) is 5.01. The lowest BCUT2D eigenvalue weighted by Gasteiger charge is -2.09. The van der Waals surface area contributed by atoms with E-state index in [0.29, 0.717) is 16.5 Å². The maximum atomic E-state index is 12.7. The van der Waals surface area contributed by atoms with Crippen LogP contribution in [0.4, 0.5) is 13.2 Å². The number of fused-ring (bicyclic) bond motifs is 1. The molecule has 26 heavy (non-hydrogen) atoms. The topological polar surface area (TPSA) is 64.1 Å². The van der Waals surface area contributed by atoms with Crippen LogP contribution in [-0.2, 0) is 6.18 Å². The third-order valence-electron chi connectivity index (χ3n) is 3.57. The average molecular weight is 361 g/mol. The number of hydrogen-bond donors (Lipinski definition) is 1. The van der Waals surface area contributed by atoms with E-state index in [-0.39, 0.29) is 24.9 Å². The van der Waals surface area contributed by atoms with Crippen molar-refractivity contribution in [3.05, 3.63) is 66.0 Å². The van der Waals surface area contributed by atoms with Crippen LogP contribution in [0.2, 0.25) is 0 Å². The van der Waals surface area contributed by atoms with E-state index < -0.39 is 11.7 Å². The molecule has 0 aliphatic rings. The Bertz CT molecular complexity index is 914. The Balaban J connectivity index is 1.57. The molecule has 8 heteroatoms. The molecular weight excluding hydrogens is 347 g/mol. The molecule has 2 heterocycles. The fourth-order valence-electron chi connectivity index (χ4n) is 2.29. The second-order valence-electron chi connectivity index (χ2n) is 5.39. The normalized spacial score (nSPS) is 11.3. The van der Waals surface area contributed by atoms with Gasteiger partial charge in [0.15, 0.2) is 0 Å². The highest BCUT2D eigenvalue weighted by Crippen LogP contribution is 2.31. The molecule has 3 aromatic rings. The van der Waals surface area contributed by atoms with Gasteiger partial charge in [-0.25, -0.2) is 4.98 Å². The quantitative estimate of drug-likeness (QED) is 0.707. The molecule has 1 amide bonds. The highest BCUT2D eigenvalue weighted by molar-refractivity contribution is 5.93. The molecule has 0 radical (unpaired) electrons. The standard InChI is InChI=1S/C18H14F3N3O2/c19-18(20,21)14-2-3-15-13(11-14)1-4-16(24-15)26-10-9-23-17(25)12-5-7-22-8-6-12/h1-8,11H,9-10H2,(H,23,25). The first-order chi connectivity index (χ1) is 12.4. The van der Waals surface area contributed by atoms with Gasteiger partial charge in [-0.2, -0.15) is 13.2 Å². The summed E-state index contributed by atoms with van der Waals surface area (Å²) in [5.41, 5.74) is 0.167. The minimum atomic E-state index is -4.39. The zero-order valence-electron chi connectivity index (χ0n) is 13.5. The molecule has 1 N–H and O–H groups in total. The summed E-state index contributed by atoms with van der Waals surface area (Å²) in [5.74, 6) is 0.0255. The fourth-order valence-corrected chi connectivity index (χ4v) is 2.29. The van der Waals surface area contributed by atoms with Crippen molar-refractivity contribution in [2.45, 2.75) is 6.18 Å². The van der Waals surface area contributed by atoms with Crippen molar-refractivity contribution in [1.82, 2.24) is 15.3 Å². The van der Waals surface area contributed by atoms with E-state index in [1.807, 2.05) is 0 Å². The van der Waals surface area contributed by atoms with E-state index in [0.717, 1.165) is 12.1 Å². The number of nitrogens with one attached hydrogen (secondary N) is 1. The predicted octanol–water partition coefficient (Wildman–Crippen LogP) is 3.46. The summed E-state index contributed by atoms with van der Waals surface area (Å²) in [7, 11) is 0. The van der Waals surface area contributed by atoms with E-state index in [2.05, 4.69) is 15.3 Å². The fraction of sp³-hybridized carbons (Fsp3) is 0.167. The van der Waals surface area contributed by atoms with E-state index >= 15 is 0 Å². The van der Waals surface area contributed by atoms with Gasteiger partial charge < -0.3 is 10.1 Å². The SMILES string of the molecule is O=C(NCCOc1ccc2cc(C(F)(F)F)ccc2n1)c1ccncc1. The Morgan fingerprint density at radius 3 is 2.58 bits per heavy atom. The van der Waals surface area contributed by atoms with E-state index in [1.165, 1.54) is 30.6 Å². The summed E-state index contributed by atoms with van der Waals surface area (Å²) < 4.78 is 43.6. The molecule has 1 aromatic carbocycles. The number of halogens is 3. The number of carbonyl (C=O) groups excluding carboxylic acids is 1. The minimum absolute atomic E-state index is 0.177. The first kappa shape index (κ1) is 17.7. The van der Waals surface area contributed by atoms with Crippen molar-refractivity contribution in [1.29, 1.82) is 0 Å². The maximum absolute atomic E-state index is 12.7. The number of nitrogens with zero attached hydrogens (tertiary/aromatic N) is 2. The van der Waals surface area contributed by atoms with Crippen LogP contribution in [0.1, 0.15) is 15.9 Å². The molecule has 0 fully saturated rings. The van der Waals surface area contributed by atoms with Crippen LogP contribution in [-0.4, -0.2) is 29.0 Å². The van der Waals surface area contributed by atoms with Gasteiger partial charge in [-0.1, -0.05) is 0 Å². The highest BCUT2D eigenvalue weighted by Gasteiger charge is 2.30. The average Bonchev–Trinajstić information content (AvgIpc) is 2.64. The van der Waals surface area contributed by atoms with Crippen LogP contribution < -0.4 is 10.1 Å². The summed E-state index contributed by atoms with van der Waals surface area (Å²) in [6.45, 7) is 0.434. The van der Waals surface area contributed by atoms with E-state index in [9.17, 15) is 18.0 Å². The second kappa shape index (κ2) is 7.38. The van der Waals surface area contributed by atoms with Gasteiger partial charge in [0, 0.05) is 29.4 Å². The Morgan fingerprint density at radius 1 is 1.08 bits per heavy atom. The lowest BCUT2D eigenvalue weighted by molar-refractivity contribution is -0.137. The minimum Gasteiger partial charge on any atom is -0.476 e. The van der Waals surface area contributed by atoms with Crippen LogP contribution in [0, 0.1) is 0 Å². The summed E-state index contributed by atoms with van der Waals surface area (Å²) >= 11 is 0. The van der Waals surface area contributed by atoms with Gasteiger partial charge in [0.2, 0.25) is 5.88 Å². The Labute approximate surface area is 146 Å². The molecule has 134 valence electrons. The number of ether oxygens (including phenoxy) is 1. The Hall–Kier alpha value is -3.16. The number of pyridine rings is 2. The van der Waals surface area contributed by atoms with Gasteiger partial charge in [-0.15, -0.1) is 0 Å². The van der Waals surface area contributed by atoms with E-state index in [4.69, 9.17) is 4.74 Å². The molecule has 2 aromatic heterocycles. The van der Waals surface area contributed by atoms with Crippen LogP contribution in [0.25, 0.3) is 10.9 Å². The molecule has 3 rings (SSSR count). The predicted molar refractivity (Wildman–Crippen MR) is 88.8 cm³/mol. The molecule has 0 aliphatic carbocycles. The lowest BCUT2D eigenvalue weighted by atomic mass is 10.1.